The summed E-state index contributed by atoms with van der Waals surface area (Å²) in [6, 6.07) is 0. The van der Waals surface area contributed by atoms with Gasteiger partial charge in [0.15, 0.2) is 0 Å². The van der Waals surface area contributed by atoms with Crippen molar-refractivity contribution in [2.24, 2.45) is 4.99 Å². The normalized spacial score (nSPS) is 10.8. The van der Waals surface area contributed by atoms with Crippen molar-refractivity contribution < 1.29 is 14.6 Å². The first-order valence-corrected chi connectivity index (χ1v) is 3.21. The second-order valence-corrected chi connectivity index (χ2v) is 1.65. The van der Waals surface area contributed by atoms with Crippen LogP contribution in [0.5, 0.6) is 0 Å². The highest BCUT2D eigenvalue weighted by molar-refractivity contribution is 6.30. The lowest BCUT2D eigenvalue weighted by Gasteiger charge is -2.07. The van der Waals surface area contributed by atoms with Crippen molar-refractivity contribution in [1.29, 1.82) is 0 Å². The molecule has 0 aromatic heterocycles. The van der Waals surface area contributed by atoms with E-state index in [2.05, 4.69) is 16.3 Å². The topological polar surface area (TPSA) is 61.7 Å². The first kappa shape index (κ1) is 9.68. The van der Waals surface area contributed by atoms with Gasteiger partial charge in [0.25, 0.3) is 0 Å². The predicted octanol–water partition coefficient (Wildman–Crippen LogP) is -0.506. The molecule has 62 valence electrons. The number of carbonyl (C=O) groups excluding carboxylic acids is 1. The molecule has 4 nitrogen and oxygen atoms in total. The molecule has 0 spiro atoms. The molecule has 0 aromatic rings. The number of esters is 1. The Labute approximate surface area is 65.2 Å². The summed E-state index contributed by atoms with van der Waals surface area (Å²) in [7, 11) is 0. The van der Waals surface area contributed by atoms with Gasteiger partial charge in [-0.15, -0.1) is 6.58 Å². The number of hydrogen-bond acceptors (Lipinski definition) is 4. The van der Waals surface area contributed by atoms with E-state index in [1.54, 1.807) is 6.92 Å². The molecule has 0 aromatic carbocycles. The van der Waals surface area contributed by atoms with Crippen LogP contribution in [0.15, 0.2) is 17.6 Å². The van der Waals surface area contributed by atoms with E-state index in [0.717, 1.165) is 0 Å². The molecule has 0 aliphatic carbocycles. The Hall–Kier alpha value is -1.32. The molecule has 11 heavy (non-hydrogen) atoms. The van der Waals surface area contributed by atoms with Crippen molar-refractivity contribution in [3.8, 4) is 0 Å². The fourth-order valence-electron chi connectivity index (χ4n) is 0.405. The third-order valence-electron chi connectivity index (χ3n) is 0.814. The smallest absolute Gasteiger partial charge is 0.341 e. The molecule has 0 N–H and O–H groups in total. The molecular formula is C7H10NO3-. The average Bonchev–Trinajstić information content (AvgIpc) is 2.00. The zero-order valence-electron chi connectivity index (χ0n) is 6.37. The van der Waals surface area contributed by atoms with Crippen molar-refractivity contribution in [3.05, 3.63) is 12.7 Å². The van der Waals surface area contributed by atoms with Crippen LogP contribution in [-0.2, 0) is 9.53 Å². The van der Waals surface area contributed by atoms with E-state index in [-0.39, 0.29) is 13.2 Å². The van der Waals surface area contributed by atoms with E-state index < -0.39 is 11.9 Å². The fourth-order valence-corrected chi connectivity index (χ4v) is 0.405. The van der Waals surface area contributed by atoms with Crippen molar-refractivity contribution >= 4 is 11.9 Å². The van der Waals surface area contributed by atoms with Gasteiger partial charge in [-0.3, -0.25) is 4.99 Å². The lowest BCUT2D eigenvalue weighted by Crippen LogP contribution is -2.30. The summed E-state index contributed by atoms with van der Waals surface area (Å²) in [5.74, 6) is -1.76. The minimum Gasteiger partial charge on any atom is -0.854 e. The molecule has 0 saturated heterocycles. The summed E-state index contributed by atoms with van der Waals surface area (Å²) < 4.78 is 4.38. The largest absolute Gasteiger partial charge is 0.854 e. The quantitative estimate of drug-likeness (QED) is 0.239. The Kier molecular flexibility index (Phi) is 4.81. The Bertz CT molecular complexity index is 175. The van der Waals surface area contributed by atoms with Crippen LogP contribution in [0.25, 0.3) is 0 Å². The molecule has 0 saturated carbocycles. The lowest BCUT2D eigenvalue weighted by atomic mass is 10.6. The van der Waals surface area contributed by atoms with Gasteiger partial charge in [-0.2, -0.15) is 0 Å². The SMILES string of the molecule is C=CCN=C([O-])C(=O)OCC. The van der Waals surface area contributed by atoms with Crippen molar-refractivity contribution in [2.45, 2.75) is 6.92 Å². The van der Waals surface area contributed by atoms with Crippen molar-refractivity contribution in [2.75, 3.05) is 13.2 Å². The maximum atomic E-state index is 10.6. The number of nitrogens with zero attached hydrogens (tertiary/aromatic N) is 1. The highest BCUT2D eigenvalue weighted by Crippen LogP contribution is 1.79. The zero-order chi connectivity index (χ0) is 8.69. The molecule has 0 aliphatic heterocycles. The predicted molar refractivity (Wildman–Crippen MR) is 39.1 cm³/mol. The summed E-state index contributed by atoms with van der Waals surface area (Å²) in [6.45, 7) is 5.30. The van der Waals surface area contributed by atoms with Crippen LogP contribution in [0.2, 0.25) is 0 Å². The van der Waals surface area contributed by atoms with Crippen LogP contribution in [0.3, 0.4) is 0 Å². The molecule has 0 unspecified atom stereocenters. The van der Waals surface area contributed by atoms with Gasteiger partial charge in [-0.05, 0) is 6.92 Å². The van der Waals surface area contributed by atoms with Gasteiger partial charge in [-0.25, -0.2) is 4.79 Å². The molecule has 0 heterocycles. The Balaban J connectivity index is 3.89. The summed E-state index contributed by atoms with van der Waals surface area (Å²) >= 11 is 0. The minimum absolute atomic E-state index is 0.150. The van der Waals surface area contributed by atoms with E-state index in [1.165, 1.54) is 6.08 Å². The summed E-state index contributed by atoms with van der Waals surface area (Å²) in [5, 5.41) is 10.6. The highest BCUT2D eigenvalue weighted by Gasteiger charge is 1.98. The maximum absolute atomic E-state index is 10.6. The summed E-state index contributed by atoms with van der Waals surface area (Å²) in [6.07, 6.45) is 1.43. The number of carbonyl (C=O) groups is 1. The molecule has 0 radical (unpaired) electrons. The summed E-state index contributed by atoms with van der Waals surface area (Å²) in [5.41, 5.74) is 0. The number of ether oxygens (including phenoxy) is 1. The van der Waals surface area contributed by atoms with Crippen molar-refractivity contribution in [3.63, 3.8) is 0 Å². The Morgan fingerprint density at radius 2 is 2.45 bits per heavy atom. The van der Waals surface area contributed by atoms with Gasteiger partial charge < -0.3 is 9.84 Å². The molecule has 0 aliphatic rings. The maximum Gasteiger partial charge on any atom is 0.341 e. The van der Waals surface area contributed by atoms with E-state index in [9.17, 15) is 9.90 Å². The Morgan fingerprint density at radius 3 is 2.91 bits per heavy atom. The van der Waals surface area contributed by atoms with Crippen LogP contribution < -0.4 is 5.11 Å². The molecule has 0 rings (SSSR count). The van der Waals surface area contributed by atoms with E-state index in [4.69, 9.17) is 0 Å². The van der Waals surface area contributed by atoms with Crippen LogP contribution in [0.1, 0.15) is 6.92 Å². The van der Waals surface area contributed by atoms with Gasteiger partial charge in [0.1, 0.15) is 0 Å². The van der Waals surface area contributed by atoms with Crippen molar-refractivity contribution in [1.82, 2.24) is 0 Å². The van der Waals surface area contributed by atoms with Crippen LogP contribution in [0.4, 0.5) is 0 Å². The fraction of sp³-hybridized carbons (Fsp3) is 0.429. The van der Waals surface area contributed by atoms with Crippen LogP contribution in [0, 0.1) is 0 Å². The summed E-state index contributed by atoms with van der Waals surface area (Å²) in [4.78, 5) is 13.9. The molecular weight excluding hydrogens is 146 g/mol. The van der Waals surface area contributed by atoms with Crippen LogP contribution >= 0.6 is 0 Å². The molecule has 4 heteroatoms. The number of aliphatic imine (C=N–C) groups is 1. The first-order chi connectivity index (χ1) is 5.22. The average molecular weight is 156 g/mol. The van der Waals surface area contributed by atoms with E-state index in [0.29, 0.717) is 0 Å². The highest BCUT2D eigenvalue weighted by atomic mass is 16.5. The van der Waals surface area contributed by atoms with Gasteiger partial charge >= 0.3 is 5.97 Å². The van der Waals surface area contributed by atoms with Crippen LogP contribution in [-0.4, -0.2) is 25.0 Å². The van der Waals surface area contributed by atoms with Gasteiger partial charge in [0.05, 0.1) is 19.0 Å². The van der Waals surface area contributed by atoms with E-state index >= 15 is 0 Å². The lowest BCUT2D eigenvalue weighted by molar-refractivity contribution is -0.223. The monoisotopic (exact) mass is 156 g/mol. The molecule has 0 amide bonds. The molecule has 0 bridgehead atoms. The first-order valence-electron chi connectivity index (χ1n) is 3.21. The standard InChI is InChI=1S/C7H11NO3/c1-3-5-8-6(9)7(10)11-4-2/h3H,1,4-5H2,2H3,(H,8,9)/p-1. The zero-order valence-corrected chi connectivity index (χ0v) is 6.37. The number of hydrogen-bond donors (Lipinski definition) is 0. The minimum atomic E-state index is -0.908. The third-order valence-corrected chi connectivity index (χ3v) is 0.814. The molecule has 0 fully saturated rings. The Morgan fingerprint density at radius 1 is 1.82 bits per heavy atom. The number of rotatable bonds is 3. The van der Waals surface area contributed by atoms with E-state index in [1.807, 2.05) is 0 Å². The van der Waals surface area contributed by atoms with Gasteiger partial charge in [0.2, 0.25) is 0 Å². The van der Waals surface area contributed by atoms with Gasteiger partial charge in [0, 0.05) is 0 Å². The second-order valence-electron chi connectivity index (χ2n) is 1.65. The second kappa shape index (κ2) is 5.46. The van der Waals surface area contributed by atoms with Gasteiger partial charge in [-0.1, -0.05) is 6.08 Å². The third kappa shape index (κ3) is 4.13. The molecule has 0 atom stereocenters.